The maximum Gasteiger partial charge on any atom is 0.217 e. The molecule has 0 spiro atoms. The predicted molar refractivity (Wildman–Crippen MR) is 41.1 cm³/mol. The van der Waals surface area contributed by atoms with E-state index in [2.05, 4.69) is 5.73 Å². The predicted octanol–water partition coefficient (Wildman–Crippen LogP) is 0.729. The van der Waals surface area contributed by atoms with Crippen LogP contribution in [-0.4, -0.2) is 10.2 Å². The molecule has 4 heteroatoms. The van der Waals surface area contributed by atoms with Gasteiger partial charge in [0.1, 0.15) is 6.26 Å². The summed E-state index contributed by atoms with van der Waals surface area (Å²) in [6.45, 7) is 3.77. The molecule has 0 aromatic rings. The van der Waals surface area contributed by atoms with Crippen molar-refractivity contribution < 1.29 is 10.2 Å². The molecule has 0 heterocycles. The molecule has 0 aliphatic carbocycles. The molecule has 0 amide bonds. The minimum absolute atomic E-state index is 0.417. The second kappa shape index (κ2) is 7.68. The number of allylic oxidation sites excluding steroid dienone is 2. The molecule has 60 valence electrons. The highest BCUT2D eigenvalue weighted by molar-refractivity contribution is 4.86. The molecule has 0 bridgehead atoms. The quantitative estimate of drug-likeness (QED) is 0.379. The molecule has 0 aromatic carbocycles. The molecule has 0 aliphatic rings. The van der Waals surface area contributed by atoms with E-state index in [1.165, 1.54) is 0 Å². The van der Waals surface area contributed by atoms with Crippen LogP contribution in [0.2, 0.25) is 0 Å². The Morgan fingerprint density at radius 1 is 1.40 bits per heavy atom. The van der Waals surface area contributed by atoms with Crippen molar-refractivity contribution in [2.24, 2.45) is 11.5 Å². The smallest absolute Gasteiger partial charge is 0.217 e. The van der Waals surface area contributed by atoms with Crippen LogP contribution in [0.25, 0.3) is 0 Å². The van der Waals surface area contributed by atoms with Crippen molar-refractivity contribution >= 4 is 0 Å². The van der Waals surface area contributed by atoms with Crippen LogP contribution in [0.1, 0.15) is 13.8 Å². The summed E-state index contributed by atoms with van der Waals surface area (Å²) in [7, 11) is 0. The Morgan fingerprint density at radius 3 is 1.60 bits per heavy atom. The standard InChI is InChI=1S/C4H9N.C2H5NO2/c1-3-4(2)5;3-2(5)1-4/h3H,5H2,1-2H3;1,4-5H,3H2/b4-3-;2-1-. The first-order valence-corrected chi connectivity index (χ1v) is 2.71. The van der Waals surface area contributed by atoms with Crippen molar-refractivity contribution in [3.63, 3.8) is 0 Å². The highest BCUT2D eigenvalue weighted by Gasteiger charge is 1.65. The second-order valence-electron chi connectivity index (χ2n) is 1.59. The van der Waals surface area contributed by atoms with Crippen molar-refractivity contribution in [2.75, 3.05) is 0 Å². The zero-order chi connectivity index (χ0) is 8.57. The van der Waals surface area contributed by atoms with E-state index in [0.717, 1.165) is 5.70 Å². The molecule has 0 aliphatic heterocycles. The maximum atomic E-state index is 7.75. The number of hydrogen-bond acceptors (Lipinski definition) is 4. The summed E-state index contributed by atoms with van der Waals surface area (Å²) in [6, 6.07) is 0. The Morgan fingerprint density at radius 2 is 1.60 bits per heavy atom. The lowest BCUT2D eigenvalue weighted by Gasteiger charge is -1.76. The number of nitrogens with two attached hydrogens (primary N) is 2. The Hall–Kier alpha value is -1.32. The molecular weight excluding hydrogens is 132 g/mol. The Balaban J connectivity index is 0. The third-order valence-corrected chi connectivity index (χ3v) is 0.588. The van der Waals surface area contributed by atoms with Crippen LogP contribution in [0.5, 0.6) is 0 Å². The topological polar surface area (TPSA) is 92.5 Å². The van der Waals surface area contributed by atoms with Gasteiger partial charge in [0.15, 0.2) is 0 Å². The number of aliphatic hydroxyl groups is 2. The SMILES string of the molecule is C/C=C(/C)N.N/C(O)=C/O. The molecule has 0 aromatic heterocycles. The van der Waals surface area contributed by atoms with Crippen molar-refractivity contribution in [1.82, 2.24) is 0 Å². The van der Waals surface area contributed by atoms with Gasteiger partial charge >= 0.3 is 0 Å². The number of hydrogen-bond donors (Lipinski definition) is 4. The Bertz CT molecular complexity index is 106. The molecule has 0 atom stereocenters. The first kappa shape index (κ1) is 11.5. The van der Waals surface area contributed by atoms with E-state index in [-0.39, 0.29) is 0 Å². The van der Waals surface area contributed by atoms with Crippen molar-refractivity contribution in [3.05, 3.63) is 23.9 Å². The Labute approximate surface area is 60.5 Å². The van der Waals surface area contributed by atoms with Gasteiger partial charge in [-0.25, -0.2) is 0 Å². The summed E-state index contributed by atoms with van der Waals surface area (Å²) >= 11 is 0. The molecule has 6 N–H and O–H groups in total. The van der Waals surface area contributed by atoms with Gasteiger partial charge in [-0.3, -0.25) is 0 Å². The fraction of sp³-hybridized carbons (Fsp3) is 0.333. The Kier molecular flexibility index (Phi) is 8.81. The van der Waals surface area contributed by atoms with Gasteiger partial charge in [0, 0.05) is 5.70 Å². The molecule has 10 heavy (non-hydrogen) atoms. The van der Waals surface area contributed by atoms with E-state index in [0.29, 0.717) is 6.26 Å². The van der Waals surface area contributed by atoms with Crippen LogP contribution in [0.4, 0.5) is 0 Å². The average Bonchev–Trinajstić information content (AvgIpc) is 1.89. The van der Waals surface area contributed by atoms with Gasteiger partial charge in [-0.1, -0.05) is 6.08 Å². The van der Waals surface area contributed by atoms with Crippen LogP contribution < -0.4 is 11.5 Å². The van der Waals surface area contributed by atoms with Crippen molar-refractivity contribution in [1.29, 1.82) is 0 Å². The minimum atomic E-state index is -0.565. The fourth-order valence-electron chi connectivity index (χ4n) is 0. The highest BCUT2D eigenvalue weighted by atomic mass is 16.3. The molecule has 0 fully saturated rings. The summed E-state index contributed by atoms with van der Waals surface area (Å²) in [5, 5.41) is 15.4. The summed E-state index contributed by atoms with van der Waals surface area (Å²) in [5.41, 5.74) is 10.5. The van der Waals surface area contributed by atoms with Gasteiger partial charge in [0.25, 0.3) is 0 Å². The molecule has 0 rings (SSSR count). The van der Waals surface area contributed by atoms with Crippen LogP contribution >= 0.6 is 0 Å². The second-order valence-corrected chi connectivity index (χ2v) is 1.59. The summed E-state index contributed by atoms with van der Waals surface area (Å²) in [5.74, 6) is -0.565. The monoisotopic (exact) mass is 146 g/mol. The zero-order valence-corrected chi connectivity index (χ0v) is 6.20. The lowest BCUT2D eigenvalue weighted by atomic mass is 10.5. The third kappa shape index (κ3) is 30.0. The van der Waals surface area contributed by atoms with E-state index < -0.39 is 5.88 Å². The number of aliphatic hydroxyl groups excluding tert-OH is 2. The summed E-state index contributed by atoms with van der Waals surface area (Å²) in [6.07, 6.45) is 2.28. The first-order chi connectivity index (χ1) is 4.54. The van der Waals surface area contributed by atoms with Crippen LogP contribution in [0.15, 0.2) is 23.9 Å². The van der Waals surface area contributed by atoms with Gasteiger partial charge < -0.3 is 21.7 Å². The van der Waals surface area contributed by atoms with Gasteiger partial charge in [-0.2, -0.15) is 0 Å². The maximum absolute atomic E-state index is 7.75. The van der Waals surface area contributed by atoms with E-state index in [1.807, 2.05) is 19.9 Å². The normalized spacial score (nSPS) is 11.8. The largest absolute Gasteiger partial charge is 0.510 e. The molecule has 0 radical (unpaired) electrons. The molecule has 0 saturated heterocycles. The van der Waals surface area contributed by atoms with E-state index in [9.17, 15) is 0 Å². The van der Waals surface area contributed by atoms with Gasteiger partial charge in [0.05, 0.1) is 0 Å². The molecule has 0 unspecified atom stereocenters. The minimum Gasteiger partial charge on any atom is -0.510 e. The van der Waals surface area contributed by atoms with Crippen molar-refractivity contribution in [3.8, 4) is 0 Å². The number of rotatable bonds is 0. The van der Waals surface area contributed by atoms with Crippen LogP contribution in [-0.2, 0) is 0 Å². The van der Waals surface area contributed by atoms with Crippen LogP contribution in [0.3, 0.4) is 0 Å². The average molecular weight is 146 g/mol. The molecule has 0 saturated carbocycles. The van der Waals surface area contributed by atoms with E-state index in [1.54, 1.807) is 0 Å². The summed E-state index contributed by atoms with van der Waals surface area (Å²) < 4.78 is 0. The summed E-state index contributed by atoms with van der Waals surface area (Å²) in [4.78, 5) is 0. The van der Waals surface area contributed by atoms with Crippen LogP contribution in [0, 0.1) is 0 Å². The van der Waals surface area contributed by atoms with E-state index >= 15 is 0 Å². The third-order valence-electron chi connectivity index (χ3n) is 0.588. The van der Waals surface area contributed by atoms with Gasteiger partial charge in [-0.15, -0.1) is 0 Å². The lowest BCUT2D eigenvalue weighted by Crippen LogP contribution is -1.92. The fourth-order valence-corrected chi connectivity index (χ4v) is 0. The highest BCUT2D eigenvalue weighted by Crippen LogP contribution is 1.71. The molecule has 4 nitrogen and oxygen atoms in total. The van der Waals surface area contributed by atoms with E-state index in [4.69, 9.17) is 15.9 Å². The van der Waals surface area contributed by atoms with Gasteiger partial charge in [-0.05, 0) is 13.8 Å². The van der Waals surface area contributed by atoms with Gasteiger partial charge in [0.2, 0.25) is 5.88 Å². The molecular formula is C6H14N2O2. The lowest BCUT2D eigenvalue weighted by molar-refractivity contribution is 0.357. The zero-order valence-electron chi connectivity index (χ0n) is 6.20. The van der Waals surface area contributed by atoms with Crippen molar-refractivity contribution in [2.45, 2.75) is 13.8 Å². The first-order valence-electron chi connectivity index (χ1n) is 2.71.